The SMILES string of the molecule is CCOc1ccc(CNC(=O)C2CCN(S(=O)(=O)Cc3c(Cl)cccc3Cl)CC2)cc1. The minimum absolute atomic E-state index is 0.0555. The van der Waals surface area contributed by atoms with Crippen molar-refractivity contribution in [2.24, 2.45) is 5.92 Å². The first-order chi connectivity index (χ1) is 14.8. The number of rotatable bonds is 8. The molecule has 1 amide bonds. The zero-order valence-corrected chi connectivity index (χ0v) is 19.6. The molecule has 1 saturated heterocycles. The molecular formula is C22H26Cl2N2O4S. The fourth-order valence-electron chi connectivity index (χ4n) is 3.54. The van der Waals surface area contributed by atoms with E-state index in [4.69, 9.17) is 27.9 Å². The molecule has 0 saturated carbocycles. The van der Waals surface area contributed by atoms with Gasteiger partial charge in [-0.05, 0) is 49.6 Å². The van der Waals surface area contributed by atoms with Crippen molar-refractivity contribution >= 4 is 39.1 Å². The van der Waals surface area contributed by atoms with Gasteiger partial charge in [-0.2, -0.15) is 0 Å². The molecule has 0 spiro atoms. The summed E-state index contributed by atoms with van der Waals surface area (Å²) in [5, 5.41) is 3.61. The summed E-state index contributed by atoms with van der Waals surface area (Å²) in [7, 11) is -3.57. The van der Waals surface area contributed by atoms with Crippen molar-refractivity contribution in [1.82, 2.24) is 9.62 Å². The maximum absolute atomic E-state index is 12.8. The molecule has 0 aromatic heterocycles. The van der Waals surface area contributed by atoms with Gasteiger partial charge in [0.15, 0.2) is 0 Å². The lowest BCUT2D eigenvalue weighted by molar-refractivity contribution is -0.126. The number of benzene rings is 2. The van der Waals surface area contributed by atoms with Crippen LogP contribution in [0.2, 0.25) is 10.0 Å². The van der Waals surface area contributed by atoms with E-state index in [1.165, 1.54) is 4.31 Å². The van der Waals surface area contributed by atoms with Gasteiger partial charge in [0.05, 0.1) is 12.4 Å². The lowest BCUT2D eigenvalue weighted by atomic mass is 9.97. The van der Waals surface area contributed by atoms with E-state index >= 15 is 0 Å². The fourth-order valence-corrected chi connectivity index (χ4v) is 5.86. The van der Waals surface area contributed by atoms with E-state index in [9.17, 15) is 13.2 Å². The van der Waals surface area contributed by atoms with E-state index < -0.39 is 10.0 Å². The average Bonchev–Trinajstić information content (AvgIpc) is 2.76. The summed E-state index contributed by atoms with van der Waals surface area (Å²) in [4.78, 5) is 12.5. The zero-order chi connectivity index (χ0) is 22.4. The van der Waals surface area contributed by atoms with E-state index in [1.54, 1.807) is 18.2 Å². The van der Waals surface area contributed by atoms with E-state index in [-0.39, 0.29) is 17.6 Å². The van der Waals surface area contributed by atoms with E-state index in [1.807, 2.05) is 31.2 Å². The fraction of sp³-hybridized carbons (Fsp3) is 0.409. The Morgan fingerprint density at radius 3 is 2.29 bits per heavy atom. The number of ether oxygens (including phenoxy) is 1. The summed E-state index contributed by atoms with van der Waals surface area (Å²) in [5.41, 5.74) is 1.38. The second kappa shape index (κ2) is 10.7. The summed E-state index contributed by atoms with van der Waals surface area (Å²) in [5.74, 6) is 0.280. The van der Waals surface area contributed by atoms with Crippen molar-refractivity contribution in [2.75, 3.05) is 19.7 Å². The molecule has 0 atom stereocenters. The van der Waals surface area contributed by atoms with Crippen molar-refractivity contribution in [1.29, 1.82) is 0 Å². The Hall–Kier alpha value is -1.80. The molecule has 1 aliphatic rings. The Balaban J connectivity index is 1.50. The minimum Gasteiger partial charge on any atom is -0.494 e. The second-order valence-corrected chi connectivity index (χ2v) is 10.2. The summed E-state index contributed by atoms with van der Waals surface area (Å²) in [6, 6.07) is 12.5. The number of nitrogens with zero attached hydrogens (tertiary/aromatic N) is 1. The number of amides is 1. The normalized spacial score (nSPS) is 15.6. The van der Waals surface area contributed by atoms with Crippen LogP contribution in [0.5, 0.6) is 5.75 Å². The van der Waals surface area contributed by atoms with Gasteiger partial charge in [0.1, 0.15) is 5.75 Å². The van der Waals surface area contributed by atoms with Crippen LogP contribution < -0.4 is 10.1 Å². The summed E-state index contributed by atoms with van der Waals surface area (Å²) < 4.78 is 32.5. The smallest absolute Gasteiger partial charge is 0.223 e. The molecule has 1 N–H and O–H groups in total. The van der Waals surface area contributed by atoms with Gasteiger partial charge in [0.2, 0.25) is 15.9 Å². The van der Waals surface area contributed by atoms with Gasteiger partial charge < -0.3 is 10.1 Å². The summed E-state index contributed by atoms with van der Waals surface area (Å²) >= 11 is 12.2. The summed E-state index contributed by atoms with van der Waals surface area (Å²) in [6.45, 7) is 3.55. The number of carbonyl (C=O) groups is 1. The molecule has 0 unspecified atom stereocenters. The maximum Gasteiger partial charge on any atom is 0.223 e. The topological polar surface area (TPSA) is 75.7 Å². The number of halogens is 2. The van der Waals surface area contributed by atoms with Gasteiger partial charge in [-0.15, -0.1) is 0 Å². The maximum atomic E-state index is 12.8. The molecule has 1 heterocycles. The van der Waals surface area contributed by atoms with Crippen molar-refractivity contribution < 1.29 is 17.9 Å². The molecule has 0 radical (unpaired) electrons. The monoisotopic (exact) mass is 484 g/mol. The Labute approximate surface area is 193 Å². The first-order valence-corrected chi connectivity index (χ1v) is 12.6. The quantitative estimate of drug-likeness (QED) is 0.607. The van der Waals surface area contributed by atoms with E-state index in [0.717, 1.165) is 11.3 Å². The molecule has 168 valence electrons. The van der Waals surface area contributed by atoms with Gasteiger partial charge in [0.25, 0.3) is 0 Å². The predicted octanol–water partition coefficient (Wildman–Crippen LogP) is 4.25. The number of hydrogen-bond acceptors (Lipinski definition) is 4. The standard InChI is InChI=1S/C22H26Cl2N2O4S/c1-2-30-18-8-6-16(7-9-18)14-25-22(27)17-10-12-26(13-11-17)31(28,29)15-19-20(23)4-3-5-21(19)24/h3-9,17H,2,10-15H2,1H3,(H,25,27). The average molecular weight is 485 g/mol. The Kier molecular flexibility index (Phi) is 8.22. The molecule has 31 heavy (non-hydrogen) atoms. The Bertz CT molecular complexity index is 984. The molecule has 3 rings (SSSR count). The van der Waals surface area contributed by atoms with Crippen LogP contribution in [0.3, 0.4) is 0 Å². The third kappa shape index (κ3) is 6.35. The Morgan fingerprint density at radius 1 is 1.10 bits per heavy atom. The highest BCUT2D eigenvalue weighted by Gasteiger charge is 2.31. The van der Waals surface area contributed by atoms with Gasteiger partial charge in [-0.3, -0.25) is 4.79 Å². The van der Waals surface area contributed by atoms with Crippen molar-refractivity contribution in [3.8, 4) is 5.75 Å². The predicted molar refractivity (Wildman–Crippen MR) is 123 cm³/mol. The first-order valence-electron chi connectivity index (χ1n) is 10.2. The number of sulfonamides is 1. The van der Waals surface area contributed by atoms with Crippen LogP contribution >= 0.6 is 23.2 Å². The Morgan fingerprint density at radius 2 is 1.71 bits per heavy atom. The third-order valence-corrected chi connectivity index (χ3v) is 7.82. The van der Waals surface area contributed by atoms with Crippen LogP contribution in [0.25, 0.3) is 0 Å². The van der Waals surface area contributed by atoms with Gasteiger partial charge in [-0.1, -0.05) is 41.4 Å². The van der Waals surface area contributed by atoms with Crippen molar-refractivity contribution in [3.05, 3.63) is 63.6 Å². The number of carbonyl (C=O) groups excluding carboxylic acids is 1. The minimum atomic E-state index is -3.57. The van der Waals surface area contributed by atoms with Crippen molar-refractivity contribution in [3.63, 3.8) is 0 Å². The highest BCUT2D eigenvalue weighted by atomic mass is 35.5. The van der Waals surface area contributed by atoms with Gasteiger partial charge >= 0.3 is 0 Å². The molecule has 6 nitrogen and oxygen atoms in total. The first kappa shape index (κ1) is 23.9. The van der Waals surface area contributed by atoms with Crippen molar-refractivity contribution in [2.45, 2.75) is 32.1 Å². The molecule has 2 aromatic rings. The molecule has 2 aromatic carbocycles. The lowest BCUT2D eigenvalue weighted by Crippen LogP contribution is -2.43. The van der Waals surface area contributed by atoms with Crippen LogP contribution in [0.15, 0.2) is 42.5 Å². The highest BCUT2D eigenvalue weighted by molar-refractivity contribution is 7.88. The van der Waals surface area contributed by atoms with Crippen LogP contribution in [0.1, 0.15) is 30.9 Å². The second-order valence-electron chi connectivity index (χ2n) is 7.42. The number of nitrogens with one attached hydrogen (secondary N) is 1. The van der Waals surface area contributed by atoms with E-state index in [2.05, 4.69) is 5.32 Å². The van der Waals surface area contributed by atoms with Gasteiger partial charge in [-0.25, -0.2) is 12.7 Å². The van der Waals surface area contributed by atoms with Gasteiger partial charge in [0, 0.05) is 41.2 Å². The highest BCUT2D eigenvalue weighted by Crippen LogP contribution is 2.29. The number of piperidine rings is 1. The molecule has 1 fully saturated rings. The molecule has 9 heteroatoms. The lowest BCUT2D eigenvalue weighted by Gasteiger charge is -2.30. The van der Waals surface area contributed by atoms with Crippen LogP contribution in [-0.2, 0) is 27.1 Å². The number of hydrogen-bond donors (Lipinski definition) is 1. The zero-order valence-electron chi connectivity index (χ0n) is 17.3. The molecule has 1 aliphatic heterocycles. The van der Waals surface area contributed by atoms with E-state index in [0.29, 0.717) is 54.7 Å². The third-order valence-electron chi connectivity index (χ3n) is 5.31. The van der Waals surface area contributed by atoms with Crippen LogP contribution in [0.4, 0.5) is 0 Å². The molecule has 0 bridgehead atoms. The van der Waals surface area contributed by atoms with Crippen LogP contribution in [0, 0.1) is 5.92 Å². The molecular weight excluding hydrogens is 459 g/mol. The molecule has 0 aliphatic carbocycles. The van der Waals surface area contributed by atoms with Crippen LogP contribution in [-0.4, -0.2) is 38.3 Å². The largest absolute Gasteiger partial charge is 0.494 e. The summed E-state index contributed by atoms with van der Waals surface area (Å²) in [6.07, 6.45) is 0.954.